The Labute approximate surface area is 166 Å². The number of sulfonamides is 1. The van der Waals surface area contributed by atoms with Crippen molar-refractivity contribution in [1.29, 1.82) is 0 Å². The number of aromatic nitrogens is 1. The first-order valence-electron chi connectivity index (χ1n) is 8.40. The lowest BCUT2D eigenvalue weighted by molar-refractivity contribution is -0.113. The number of pyridine rings is 1. The topological polar surface area (TPSA) is 82.6 Å². The summed E-state index contributed by atoms with van der Waals surface area (Å²) in [6.07, 6.45) is 3.54. The molecule has 27 heavy (non-hydrogen) atoms. The number of fused-ring (bicyclic) bond motifs is 1. The van der Waals surface area contributed by atoms with E-state index in [1.54, 1.807) is 30.5 Å². The number of hydrogen-bond acceptors (Lipinski definition) is 6. The Kier molecular flexibility index (Phi) is 4.61. The number of amides is 1. The molecule has 0 aromatic carbocycles. The zero-order valence-corrected chi connectivity index (χ0v) is 16.9. The van der Waals surface area contributed by atoms with E-state index in [0.717, 1.165) is 41.6 Å². The van der Waals surface area contributed by atoms with Gasteiger partial charge in [-0.25, -0.2) is 13.4 Å². The Bertz CT molecular complexity index is 1030. The third kappa shape index (κ3) is 3.09. The fraction of sp³-hybridized carbons (Fsp3) is 0.294. The molecule has 2 aromatic rings. The molecule has 0 atom stereocenters. The lowest BCUT2D eigenvalue weighted by Gasteiger charge is -2.33. The standard InChI is InChI=1S/C17H17ClN4O3S2/c1-21-15(16(23)20-13-6-2-3-7-19-13)14(22-8-4-5-9-22)11-10-12(18)26-17(11)27(21,24)25/h2-3,6-7,10H,4-5,8-9H2,1H3,(H,19,20,23). The summed E-state index contributed by atoms with van der Waals surface area (Å²) in [5.41, 5.74) is 1.19. The van der Waals surface area contributed by atoms with Gasteiger partial charge in [-0.1, -0.05) is 17.7 Å². The van der Waals surface area contributed by atoms with E-state index in [0.29, 0.717) is 21.4 Å². The molecule has 2 aliphatic heterocycles. The monoisotopic (exact) mass is 424 g/mol. The van der Waals surface area contributed by atoms with Crippen LogP contribution in [0.5, 0.6) is 0 Å². The summed E-state index contributed by atoms with van der Waals surface area (Å²) in [7, 11) is -2.45. The van der Waals surface area contributed by atoms with Crippen molar-refractivity contribution in [2.24, 2.45) is 0 Å². The van der Waals surface area contributed by atoms with Gasteiger partial charge in [0.2, 0.25) is 0 Å². The van der Waals surface area contributed by atoms with Gasteiger partial charge >= 0.3 is 0 Å². The zero-order chi connectivity index (χ0) is 19.2. The molecule has 1 amide bonds. The van der Waals surface area contributed by atoms with Gasteiger partial charge in [-0.2, -0.15) is 0 Å². The van der Waals surface area contributed by atoms with E-state index >= 15 is 0 Å². The Morgan fingerprint density at radius 2 is 2.04 bits per heavy atom. The number of halogens is 1. The van der Waals surface area contributed by atoms with Gasteiger partial charge in [0.25, 0.3) is 15.9 Å². The number of carbonyl (C=O) groups is 1. The molecule has 1 fully saturated rings. The molecule has 7 nitrogen and oxygen atoms in total. The summed E-state index contributed by atoms with van der Waals surface area (Å²) in [6, 6.07) is 6.77. The van der Waals surface area contributed by atoms with Gasteiger partial charge in [0, 0.05) is 31.9 Å². The number of anilines is 1. The molecule has 4 heterocycles. The van der Waals surface area contributed by atoms with Crippen molar-refractivity contribution >= 4 is 50.4 Å². The molecule has 0 unspecified atom stereocenters. The van der Waals surface area contributed by atoms with Gasteiger partial charge in [-0.15, -0.1) is 11.3 Å². The molecule has 0 saturated carbocycles. The predicted molar refractivity (Wildman–Crippen MR) is 105 cm³/mol. The van der Waals surface area contributed by atoms with Gasteiger partial charge < -0.3 is 10.2 Å². The molecule has 1 saturated heterocycles. The highest BCUT2D eigenvalue weighted by molar-refractivity contribution is 7.91. The van der Waals surface area contributed by atoms with Crippen LogP contribution >= 0.6 is 22.9 Å². The number of rotatable bonds is 3. The molecule has 0 bridgehead atoms. The number of carbonyl (C=O) groups excluding carboxylic acids is 1. The van der Waals surface area contributed by atoms with Crippen LogP contribution in [0.4, 0.5) is 5.82 Å². The number of nitrogens with zero attached hydrogens (tertiary/aromatic N) is 3. The maximum absolute atomic E-state index is 13.1. The number of thiophene rings is 1. The Morgan fingerprint density at radius 3 is 2.70 bits per heavy atom. The number of likely N-dealkylation sites (N-methyl/N-ethyl adjacent to an activating group) is 1. The van der Waals surface area contributed by atoms with Crippen molar-refractivity contribution in [3.63, 3.8) is 0 Å². The average Bonchev–Trinajstić information content (AvgIpc) is 3.29. The maximum Gasteiger partial charge on any atom is 0.276 e. The van der Waals surface area contributed by atoms with E-state index in [1.165, 1.54) is 7.05 Å². The molecule has 0 spiro atoms. The van der Waals surface area contributed by atoms with Gasteiger partial charge in [0.15, 0.2) is 4.21 Å². The summed E-state index contributed by atoms with van der Waals surface area (Å²) in [6.45, 7) is 1.52. The second-order valence-corrected chi connectivity index (χ2v) is 10.1. The molecule has 0 aliphatic carbocycles. The number of hydrogen-bond donors (Lipinski definition) is 1. The highest BCUT2D eigenvalue weighted by Gasteiger charge is 2.41. The van der Waals surface area contributed by atoms with E-state index in [-0.39, 0.29) is 9.91 Å². The third-order valence-electron chi connectivity index (χ3n) is 4.60. The SMILES string of the molecule is CN1C(C(=O)Nc2ccccn2)=C(N2CCCC2)c2cc(Cl)sc2S1(=O)=O. The molecule has 10 heteroatoms. The van der Waals surface area contributed by atoms with Crippen LogP contribution in [-0.4, -0.2) is 48.7 Å². The van der Waals surface area contributed by atoms with Crippen LogP contribution in [0.2, 0.25) is 4.34 Å². The average molecular weight is 425 g/mol. The largest absolute Gasteiger partial charge is 0.369 e. The highest BCUT2D eigenvalue weighted by atomic mass is 35.5. The van der Waals surface area contributed by atoms with Crippen molar-refractivity contribution in [2.75, 3.05) is 25.5 Å². The Balaban J connectivity index is 1.88. The summed E-state index contributed by atoms with van der Waals surface area (Å²) >= 11 is 7.15. The second kappa shape index (κ2) is 6.81. The summed E-state index contributed by atoms with van der Waals surface area (Å²) in [5.74, 6) is -0.162. The molecule has 2 aromatic heterocycles. The van der Waals surface area contributed by atoms with Gasteiger partial charge in [-0.3, -0.25) is 9.10 Å². The maximum atomic E-state index is 13.1. The van der Waals surface area contributed by atoms with E-state index < -0.39 is 15.9 Å². The fourth-order valence-electron chi connectivity index (χ4n) is 3.35. The molecule has 142 valence electrons. The van der Waals surface area contributed by atoms with Gasteiger partial charge in [0.1, 0.15) is 11.5 Å². The molecule has 1 N–H and O–H groups in total. The van der Waals surface area contributed by atoms with E-state index in [4.69, 9.17) is 11.6 Å². The first kappa shape index (κ1) is 18.3. The highest BCUT2D eigenvalue weighted by Crippen LogP contribution is 2.44. The summed E-state index contributed by atoms with van der Waals surface area (Å²) in [4.78, 5) is 19.2. The van der Waals surface area contributed by atoms with Crippen LogP contribution < -0.4 is 5.32 Å². The zero-order valence-electron chi connectivity index (χ0n) is 14.5. The first-order valence-corrected chi connectivity index (χ1v) is 11.0. The van der Waals surface area contributed by atoms with Crippen LogP contribution in [0.1, 0.15) is 18.4 Å². The second-order valence-electron chi connectivity index (χ2n) is 6.28. The minimum atomic E-state index is -3.85. The van der Waals surface area contributed by atoms with Gasteiger partial charge in [-0.05, 0) is 31.0 Å². The van der Waals surface area contributed by atoms with Crippen molar-refractivity contribution in [2.45, 2.75) is 17.1 Å². The van der Waals surface area contributed by atoms with Crippen LogP contribution in [-0.2, 0) is 14.8 Å². The van der Waals surface area contributed by atoms with Crippen molar-refractivity contribution in [1.82, 2.24) is 14.2 Å². The van der Waals surface area contributed by atoms with Crippen LogP contribution in [0, 0.1) is 0 Å². The Morgan fingerprint density at radius 1 is 1.30 bits per heavy atom. The molecule has 0 radical (unpaired) electrons. The normalized spacial score (nSPS) is 18.6. The molecular weight excluding hydrogens is 408 g/mol. The van der Waals surface area contributed by atoms with Crippen LogP contribution in [0.3, 0.4) is 0 Å². The molecule has 2 aliphatic rings. The smallest absolute Gasteiger partial charge is 0.276 e. The van der Waals surface area contributed by atoms with Crippen molar-refractivity contribution in [3.8, 4) is 0 Å². The molecule has 4 rings (SSSR count). The predicted octanol–water partition coefficient (Wildman–Crippen LogP) is 2.83. The number of nitrogens with one attached hydrogen (secondary N) is 1. The minimum Gasteiger partial charge on any atom is -0.369 e. The van der Waals surface area contributed by atoms with Crippen LogP contribution in [0.15, 0.2) is 40.4 Å². The minimum absolute atomic E-state index is 0.0875. The molecular formula is C17H17ClN4O3S2. The summed E-state index contributed by atoms with van der Waals surface area (Å²) in [5, 5.41) is 2.70. The summed E-state index contributed by atoms with van der Waals surface area (Å²) < 4.78 is 27.5. The number of likely N-dealkylation sites (tertiary alicyclic amines) is 1. The van der Waals surface area contributed by atoms with E-state index in [2.05, 4.69) is 15.2 Å². The lowest BCUT2D eigenvalue weighted by Crippen LogP contribution is -2.39. The van der Waals surface area contributed by atoms with Crippen molar-refractivity contribution in [3.05, 3.63) is 46.1 Å². The van der Waals surface area contributed by atoms with Gasteiger partial charge in [0.05, 0.1) is 10.0 Å². The van der Waals surface area contributed by atoms with E-state index in [1.807, 2.05) is 0 Å². The van der Waals surface area contributed by atoms with Crippen LogP contribution in [0.25, 0.3) is 5.70 Å². The quantitative estimate of drug-likeness (QED) is 0.819. The fourth-order valence-corrected chi connectivity index (χ4v) is 6.56. The first-order chi connectivity index (χ1) is 12.9. The lowest BCUT2D eigenvalue weighted by atomic mass is 10.1. The van der Waals surface area contributed by atoms with Crippen molar-refractivity contribution < 1.29 is 13.2 Å². The van der Waals surface area contributed by atoms with E-state index in [9.17, 15) is 13.2 Å². The Hall–Kier alpha value is -2.10. The third-order valence-corrected chi connectivity index (χ3v) is 8.13.